The predicted octanol–water partition coefficient (Wildman–Crippen LogP) is 1.35. The fourth-order valence-electron chi connectivity index (χ4n) is 4.35. The number of primary amides is 1. The standard InChI is InChI=1S/C21H26N6O4S/c1-11(2)18-20-25-15-7-13(10-28)17(32(4,30)31)8-16(15)26(20)5-6-27(18)21-23-9-14(19(22)29)12(3)24-21/h7-9,11,18,28H,5-6,10H2,1-4H3,(H2,22,29)/t18-/m0/s1. The Labute approximate surface area is 186 Å². The van der Waals surface area contributed by atoms with Gasteiger partial charge in [0.15, 0.2) is 9.84 Å². The molecule has 1 aliphatic rings. The third kappa shape index (κ3) is 3.61. The van der Waals surface area contributed by atoms with E-state index >= 15 is 0 Å². The van der Waals surface area contributed by atoms with Crippen molar-refractivity contribution in [3.63, 3.8) is 0 Å². The molecule has 2 aromatic heterocycles. The molecule has 0 spiro atoms. The summed E-state index contributed by atoms with van der Waals surface area (Å²) in [5, 5.41) is 9.71. The number of fused-ring (bicyclic) bond motifs is 3. The van der Waals surface area contributed by atoms with Gasteiger partial charge < -0.3 is 20.3 Å². The fraction of sp³-hybridized carbons (Fsp3) is 0.429. The topological polar surface area (TPSA) is 144 Å². The van der Waals surface area contributed by atoms with Crippen LogP contribution in [-0.2, 0) is 23.0 Å². The second-order valence-corrected chi connectivity index (χ2v) is 10.4. The van der Waals surface area contributed by atoms with Crippen LogP contribution in [0.25, 0.3) is 11.0 Å². The molecule has 4 rings (SSSR count). The molecule has 11 heteroatoms. The summed E-state index contributed by atoms with van der Waals surface area (Å²) in [6, 6.07) is 3.07. The van der Waals surface area contributed by atoms with Gasteiger partial charge in [0.05, 0.1) is 39.8 Å². The van der Waals surface area contributed by atoms with Crippen molar-refractivity contribution in [2.24, 2.45) is 11.7 Å². The number of hydrogen-bond donors (Lipinski definition) is 2. The number of aliphatic hydroxyl groups excluding tert-OH is 1. The number of aryl methyl sites for hydroxylation is 1. The second kappa shape index (κ2) is 7.82. The molecule has 0 aliphatic carbocycles. The summed E-state index contributed by atoms with van der Waals surface area (Å²) in [5.41, 5.74) is 7.85. The lowest BCUT2D eigenvalue weighted by Gasteiger charge is -2.38. The van der Waals surface area contributed by atoms with Gasteiger partial charge >= 0.3 is 0 Å². The smallest absolute Gasteiger partial charge is 0.252 e. The van der Waals surface area contributed by atoms with Crippen LogP contribution in [0.1, 0.15) is 47.3 Å². The zero-order chi connectivity index (χ0) is 23.4. The first kappa shape index (κ1) is 22.2. The van der Waals surface area contributed by atoms with E-state index in [2.05, 4.69) is 23.8 Å². The first-order chi connectivity index (χ1) is 15.0. The van der Waals surface area contributed by atoms with Crippen LogP contribution < -0.4 is 10.6 Å². The number of sulfone groups is 1. The summed E-state index contributed by atoms with van der Waals surface area (Å²) < 4.78 is 26.6. The monoisotopic (exact) mass is 458 g/mol. The second-order valence-electron chi connectivity index (χ2n) is 8.42. The molecule has 3 N–H and O–H groups in total. The Morgan fingerprint density at radius 2 is 2.00 bits per heavy atom. The van der Waals surface area contributed by atoms with E-state index in [0.717, 1.165) is 12.1 Å². The molecule has 0 unspecified atom stereocenters. The Kier molecular flexibility index (Phi) is 5.41. The van der Waals surface area contributed by atoms with E-state index in [1.165, 1.54) is 6.20 Å². The van der Waals surface area contributed by atoms with Gasteiger partial charge in [-0.1, -0.05) is 13.8 Å². The lowest BCUT2D eigenvalue weighted by Crippen LogP contribution is -2.42. The van der Waals surface area contributed by atoms with Gasteiger partial charge in [-0.25, -0.2) is 23.4 Å². The van der Waals surface area contributed by atoms with Gasteiger partial charge in [0.1, 0.15) is 5.82 Å². The number of anilines is 1. The molecule has 10 nitrogen and oxygen atoms in total. The van der Waals surface area contributed by atoms with Crippen molar-refractivity contribution in [3.05, 3.63) is 41.0 Å². The van der Waals surface area contributed by atoms with Crippen LogP contribution >= 0.6 is 0 Å². The van der Waals surface area contributed by atoms with E-state index in [4.69, 9.17) is 10.7 Å². The predicted molar refractivity (Wildman–Crippen MR) is 119 cm³/mol. The number of nitrogens with zero attached hydrogens (tertiary/aromatic N) is 5. The van der Waals surface area contributed by atoms with Crippen LogP contribution in [0.4, 0.5) is 5.95 Å². The molecule has 0 fully saturated rings. The number of rotatable bonds is 5. The maximum absolute atomic E-state index is 12.3. The number of carbonyl (C=O) groups excluding carboxylic acids is 1. The molecule has 1 atom stereocenters. The van der Waals surface area contributed by atoms with Crippen molar-refractivity contribution in [3.8, 4) is 0 Å². The quantitative estimate of drug-likeness (QED) is 0.583. The van der Waals surface area contributed by atoms with Crippen LogP contribution in [0.5, 0.6) is 0 Å². The summed E-state index contributed by atoms with van der Waals surface area (Å²) in [5.74, 6) is 0.821. The maximum Gasteiger partial charge on any atom is 0.252 e. The highest BCUT2D eigenvalue weighted by Gasteiger charge is 2.35. The molecular formula is C21H26N6O4S. The number of hydrogen-bond acceptors (Lipinski definition) is 8. The van der Waals surface area contributed by atoms with Crippen molar-refractivity contribution in [2.75, 3.05) is 17.7 Å². The van der Waals surface area contributed by atoms with E-state index in [1.807, 2.05) is 9.47 Å². The number of benzene rings is 1. The molecule has 0 radical (unpaired) electrons. The largest absolute Gasteiger partial charge is 0.392 e. The first-order valence-corrected chi connectivity index (χ1v) is 12.2. The lowest BCUT2D eigenvalue weighted by atomic mass is 10.00. The summed E-state index contributed by atoms with van der Waals surface area (Å²) in [4.78, 5) is 27.4. The van der Waals surface area contributed by atoms with E-state index in [9.17, 15) is 18.3 Å². The SMILES string of the molecule is Cc1nc(N2CCn3c(nc4cc(CO)c(S(C)(=O)=O)cc43)[C@@H]2C(C)C)ncc1C(N)=O. The van der Waals surface area contributed by atoms with Crippen molar-refractivity contribution in [2.45, 2.75) is 44.9 Å². The summed E-state index contributed by atoms with van der Waals surface area (Å²) in [6.07, 6.45) is 2.58. The number of nitrogens with two attached hydrogens (primary N) is 1. The van der Waals surface area contributed by atoms with Crippen molar-refractivity contribution < 1.29 is 18.3 Å². The lowest BCUT2D eigenvalue weighted by molar-refractivity contribution is 0.0999. The van der Waals surface area contributed by atoms with Crippen LogP contribution in [0.3, 0.4) is 0 Å². The Hall–Kier alpha value is -3.05. The minimum absolute atomic E-state index is 0.111. The molecule has 0 saturated heterocycles. The van der Waals surface area contributed by atoms with E-state index in [1.54, 1.807) is 19.1 Å². The first-order valence-electron chi connectivity index (χ1n) is 10.3. The fourth-order valence-corrected chi connectivity index (χ4v) is 5.27. The van der Waals surface area contributed by atoms with Gasteiger partial charge in [-0.15, -0.1) is 0 Å². The molecule has 32 heavy (non-hydrogen) atoms. The highest BCUT2D eigenvalue weighted by Crippen LogP contribution is 2.37. The number of imidazole rings is 1. The minimum atomic E-state index is -3.51. The molecule has 170 valence electrons. The average Bonchev–Trinajstić information content (AvgIpc) is 3.08. The molecular weight excluding hydrogens is 432 g/mol. The number of aromatic nitrogens is 4. The van der Waals surface area contributed by atoms with Crippen molar-refractivity contribution in [1.29, 1.82) is 0 Å². The normalized spacial score (nSPS) is 16.6. The molecule has 1 aromatic carbocycles. The summed E-state index contributed by atoms with van der Waals surface area (Å²) in [7, 11) is -3.51. The third-order valence-electron chi connectivity index (χ3n) is 5.82. The Bertz CT molecular complexity index is 1330. The van der Waals surface area contributed by atoms with Crippen molar-refractivity contribution in [1.82, 2.24) is 19.5 Å². The van der Waals surface area contributed by atoms with E-state index in [0.29, 0.717) is 41.3 Å². The van der Waals surface area contributed by atoms with E-state index < -0.39 is 15.7 Å². The van der Waals surface area contributed by atoms with Gasteiger partial charge in [0.2, 0.25) is 5.95 Å². The summed E-state index contributed by atoms with van der Waals surface area (Å²) in [6.45, 7) is 6.59. The van der Waals surface area contributed by atoms with Crippen LogP contribution in [0, 0.1) is 12.8 Å². The minimum Gasteiger partial charge on any atom is -0.392 e. The van der Waals surface area contributed by atoms with Gasteiger partial charge in [0, 0.05) is 25.5 Å². The van der Waals surface area contributed by atoms with Gasteiger partial charge in [-0.3, -0.25) is 4.79 Å². The number of amides is 1. The highest BCUT2D eigenvalue weighted by molar-refractivity contribution is 7.90. The molecule has 3 heterocycles. The van der Waals surface area contributed by atoms with Gasteiger partial charge in [-0.2, -0.15) is 0 Å². The average molecular weight is 459 g/mol. The Morgan fingerprint density at radius 3 is 2.56 bits per heavy atom. The molecule has 1 aliphatic heterocycles. The molecule has 1 amide bonds. The highest BCUT2D eigenvalue weighted by atomic mass is 32.2. The maximum atomic E-state index is 12.3. The van der Waals surface area contributed by atoms with Crippen LogP contribution in [0.2, 0.25) is 0 Å². The van der Waals surface area contributed by atoms with E-state index in [-0.39, 0.29) is 29.0 Å². The summed E-state index contributed by atoms with van der Waals surface area (Å²) >= 11 is 0. The zero-order valence-electron chi connectivity index (χ0n) is 18.4. The van der Waals surface area contributed by atoms with Gasteiger partial charge in [-0.05, 0) is 30.5 Å². The molecule has 3 aromatic rings. The Balaban J connectivity index is 1.86. The zero-order valence-corrected chi connectivity index (χ0v) is 19.2. The molecule has 0 bridgehead atoms. The number of aliphatic hydroxyl groups is 1. The van der Waals surface area contributed by atoms with Crippen LogP contribution in [-0.4, -0.2) is 51.8 Å². The number of carbonyl (C=O) groups is 1. The molecule has 0 saturated carbocycles. The Morgan fingerprint density at radius 1 is 1.28 bits per heavy atom. The van der Waals surface area contributed by atoms with Crippen molar-refractivity contribution >= 4 is 32.7 Å². The third-order valence-corrected chi connectivity index (χ3v) is 6.99. The van der Waals surface area contributed by atoms with Gasteiger partial charge in [0.25, 0.3) is 5.91 Å². The van der Waals surface area contributed by atoms with Crippen LogP contribution in [0.15, 0.2) is 23.2 Å².